The number of H-pyrrole nitrogens is 1. The number of halogens is 2. The van der Waals surface area contributed by atoms with Gasteiger partial charge in [0.15, 0.2) is 0 Å². The third kappa shape index (κ3) is 2.96. The molecule has 0 radical (unpaired) electrons. The van der Waals surface area contributed by atoms with Gasteiger partial charge in [0.05, 0.1) is 22.1 Å². The lowest BCUT2D eigenvalue weighted by Crippen LogP contribution is -2.18. The number of hydrogen-bond donors (Lipinski definition) is 2. The summed E-state index contributed by atoms with van der Waals surface area (Å²) in [6.07, 6.45) is 3.91. The van der Waals surface area contributed by atoms with Crippen molar-refractivity contribution in [2.75, 3.05) is 19.7 Å². The van der Waals surface area contributed by atoms with E-state index in [4.69, 9.17) is 27.9 Å². The molecule has 4 aromatic rings. The van der Waals surface area contributed by atoms with Gasteiger partial charge in [0.25, 0.3) is 0 Å². The first-order chi connectivity index (χ1) is 13.7. The van der Waals surface area contributed by atoms with Crippen LogP contribution in [0.25, 0.3) is 21.8 Å². The Bertz CT molecular complexity index is 1160. The minimum Gasteiger partial charge on any atom is -0.491 e. The Morgan fingerprint density at radius 1 is 1.00 bits per heavy atom. The number of nitrogens with zero attached hydrogens (tertiary/aromatic N) is 1. The maximum absolute atomic E-state index is 6.64. The molecule has 6 heteroatoms. The second kappa shape index (κ2) is 7.36. The van der Waals surface area contributed by atoms with Gasteiger partial charge >= 0.3 is 0 Å². The predicted octanol–water partition coefficient (Wildman–Crippen LogP) is 5.20. The summed E-state index contributed by atoms with van der Waals surface area (Å²) in [4.78, 5) is 3.23. The van der Waals surface area contributed by atoms with E-state index in [1.54, 1.807) is 0 Å². The summed E-state index contributed by atoms with van der Waals surface area (Å²) < 4.78 is 8.47. The van der Waals surface area contributed by atoms with E-state index in [1.807, 2.05) is 30.5 Å². The summed E-state index contributed by atoms with van der Waals surface area (Å²) in [5.41, 5.74) is 4.84. The van der Waals surface area contributed by atoms with Crippen LogP contribution >= 0.6 is 23.2 Å². The van der Waals surface area contributed by atoms with Crippen molar-refractivity contribution in [1.82, 2.24) is 14.9 Å². The van der Waals surface area contributed by atoms with Crippen molar-refractivity contribution in [1.29, 1.82) is 0 Å². The van der Waals surface area contributed by atoms with Crippen LogP contribution in [0.15, 0.2) is 42.6 Å². The largest absolute Gasteiger partial charge is 0.491 e. The molecule has 0 amide bonds. The van der Waals surface area contributed by atoms with Gasteiger partial charge in [0.2, 0.25) is 0 Å². The number of benzene rings is 2. The molecule has 5 rings (SSSR count). The molecule has 0 unspecified atom stereocenters. The number of hydrogen-bond acceptors (Lipinski definition) is 2. The summed E-state index contributed by atoms with van der Waals surface area (Å²) in [7, 11) is 0. The number of ether oxygens (including phenoxy) is 1. The molecule has 2 aromatic heterocycles. The van der Waals surface area contributed by atoms with Gasteiger partial charge in [-0.25, -0.2) is 0 Å². The van der Waals surface area contributed by atoms with Crippen LogP contribution < -0.4 is 10.1 Å². The van der Waals surface area contributed by atoms with Crippen LogP contribution in [0.4, 0.5) is 0 Å². The van der Waals surface area contributed by atoms with Crippen LogP contribution in [0.3, 0.4) is 0 Å². The van der Waals surface area contributed by atoms with Gasteiger partial charge < -0.3 is 19.6 Å². The number of fused-ring (bicyclic) bond motifs is 4. The fourth-order valence-corrected chi connectivity index (χ4v) is 4.71. The Labute approximate surface area is 173 Å². The lowest BCUT2D eigenvalue weighted by molar-refractivity contribution is 0.302. The highest BCUT2D eigenvalue weighted by Crippen LogP contribution is 2.37. The standard InChI is InChI=1S/C22H21Cl2N3O/c23-17-5-4-15-14-6-9-25-10-8-19(14)27(22(15)21(17)24)12-13-28-20-3-1-2-18-16(20)7-11-26-18/h1-5,7,11,25-26H,6,8-10,12-13H2. The smallest absolute Gasteiger partial charge is 0.128 e. The van der Waals surface area contributed by atoms with Crippen LogP contribution in [0.5, 0.6) is 5.75 Å². The molecule has 2 aromatic carbocycles. The Morgan fingerprint density at radius 3 is 2.82 bits per heavy atom. The summed E-state index contributed by atoms with van der Waals surface area (Å²) >= 11 is 13.0. The van der Waals surface area contributed by atoms with Crippen molar-refractivity contribution in [2.24, 2.45) is 0 Å². The van der Waals surface area contributed by atoms with E-state index in [1.165, 1.54) is 16.6 Å². The Hall–Kier alpha value is -2.14. The highest BCUT2D eigenvalue weighted by molar-refractivity contribution is 6.45. The van der Waals surface area contributed by atoms with Crippen molar-refractivity contribution >= 4 is 45.0 Å². The first-order valence-electron chi connectivity index (χ1n) is 9.61. The highest BCUT2D eigenvalue weighted by Gasteiger charge is 2.21. The molecule has 3 heterocycles. The van der Waals surface area contributed by atoms with Gasteiger partial charge in [-0.3, -0.25) is 0 Å². The summed E-state index contributed by atoms with van der Waals surface area (Å²) in [5.74, 6) is 0.895. The topological polar surface area (TPSA) is 42.0 Å². The number of aromatic nitrogens is 2. The maximum Gasteiger partial charge on any atom is 0.128 e. The van der Waals surface area contributed by atoms with Crippen LogP contribution in [-0.4, -0.2) is 29.2 Å². The third-order valence-electron chi connectivity index (χ3n) is 5.56. The van der Waals surface area contributed by atoms with Crippen molar-refractivity contribution < 1.29 is 4.74 Å². The average molecular weight is 414 g/mol. The molecule has 0 atom stereocenters. The van der Waals surface area contributed by atoms with E-state index in [-0.39, 0.29) is 0 Å². The summed E-state index contributed by atoms with van der Waals surface area (Å²) in [5, 5.41) is 7.03. The maximum atomic E-state index is 6.64. The van der Waals surface area contributed by atoms with Crippen LogP contribution in [0.1, 0.15) is 11.3 Å². The number of rotatable bonds is 4. The highest BCUT2D eigenvalue weighted by atomic mass is 35.5. The zero-order chi connectivity index (χ0) is 19.1. The lowest BCUT2D eigenvalue weighted by Gasteiger charge is -2.14. The molecule has 1 aliphatic heterocycles. The third-order valence-corrected chi connectivity index (χ3v) is 6.35. The predicted molar refractivity (Wildman–Crippen MR) is 116 cm³/mol. The first-order valence-corrected chi connectivity index (χ1v) is 10.4. The van der Waals surface area contributed by atoms with E-state index < -0.39 is 0 Å². The molecule has 4 nitrogen and oxygen atoms in total. The van der Waals surface area contributed by atoms with E-state index in [0.717, 1.165) is 54.6 Å². The molecular weight excluding hydrogens is 393 g/mol. The minimum absolute atomic E-state index is 0.566. The normalized spacial score (nSPS) is 14.4. The first kappa shape index (κ1) is 17.9. The zero-order valence-electron chi connectivity index (χ0n) is 15.4. The van der Waals surface area contributed by atoms with E-state index in [9.17, 15) is 0 Å². The Morgan fingerprint density at radius 2 is 1.89 bits per heavy atom. The molecule has 28 heavy (non-hydrogen) atoms. The van der Waals surface area contributed by atoms with Gasteiger partial charge in [-0.2, -0.15) is 0 Å². The fraction of sp³-hybridized carbons (Fsp3) is 0.273. The molecular formula is C22H21Cl2N3O. The summed E-state index contributed by atoms with van der Waals surface area (Å²) in [6.45, 7) is 3.25. The van der Waals surface area contributed by atoms with E-state index in [2.05, 4.69) is 27.0 Å². The van der Waals surface area contributed by atoms with Gasteiger partial charge in [0, 0.05) is 41.1 Å². The molecule has 0 spiro atoms. The van der Waals surface area contributed by atoms with Crippen LogP contribution in [0.2, 0.25) is 10.0 Å². The summed E-state index contributed by atoms with van der Waals surface area (Å²) in [6, 6.07) is 12.1. The van der Waals surface area contributed by atoms with E-state index in [0.29, 0.717) is 16.7 Å². The van der Waals surface area contributed by atoms with Gasteiger partial charge in [0.1, 0.15) is 12.4 Å². The average Bonchev–Trinajstić information content (AvgIpc) is 3.21. The molecule has 0 bridgehead atoms. The Balaban J connectivity index is 1.50. The monoisotopic (exact) mass is 413 g/mol. The second-order valence-corrected chi connectivity index (χ2v) is 7.91. The van der Waals surface area contributed by atoms with Crippen molar-refractivity contribution in [2.45, 2.75) is 19.4 Å². The van der Waals surface area contributed by atoms with E-state index >= 15 is 0 Å². The quantitative estimate of drug-likeness (QED) is 0.482. The number of nitrogens with one attached hydrogen (secondary N) is 2. The molecule has 0 fully saturated rings. The van der Waals surface area contributed by atoms with Gasteiger partial charge in [-0.05, 0) is 42.8 Å². The van der Waals surface area contributed by atoms with Gasteiger partial charge in [-0.15, -0.1) is 0 Å². The van der Waals surface area contributed by atoms with Gasteiger partial charge in [-0.1, -0.05) is 35.3 Å². The molecule has 0 aliphatic carbocycles. The lowest BCUT2D eigenvalue weighted by atomic mass is 10.1. The zero-order valence-corrected chi connectivity index (χ0v) is 16.9. The molecule has 1 aliphatic rings. The van der Waals surface area contributed by atoms with Crippen molar-refractivity contribution in [3.05, 3.63) is 63.9 Å². The minimum atomic E-state index is 0.566. The second-order valence-electron chi connectivity index (χ2n) is 7.13. The van der Waals surface area contributed by atoms with Crippen molar-refractivity contribution in [3.8, 4) is 5.75 Å². The number of aromatic amines is 1. The molecule has 0 saturated carbocycles. The SMILES string of the molecule is Clc1ccc2c3c(n(CCOc4cccc5[nH]ccc45)c2c1Cl)CCNCC3. The Kier molecular flexibility index (Phi) is 4.71. The molecule has 2 N–H and O–H groups in total. The molecule has 0 saturated heterocycles. The fourth-order valence-electron chi connectivity index (χ4n) is 4.29. The van der Waals surface area contributed by atoms with Crippen LogP contribution in [-0.2, 0) is 19.4 Å². The van der Waals surface area contributed by atoms with Crippen LogP contribution in [0, 0.1) is 0 Å². The van der Waals surface area contributed by atoms with Crippen molar-refractivity contribution in [3.63, 3.8) is 0 Å². The molecule has 144 valence electrons.